The van der Waals surface area contributed by atoms with Crippen LogP contribution in [0.15, 0.2) is 24.3 Å². The van der Waals surface area contributed by atoms with Gasteiger partial charge in [-0.05, 0) is 31.5 Å². The molecule has 0 heterocycles. The van der Waals surface area contributed by atoms with Crippen molar-refractivity contribution in [3.63, 3.8) is 0 Å². The minimum atomic E-state index is -0.459. The zero-order chi connectivity index (χ0) is 12.7. The number of amides is 1. The molecule has 0 saturated heterocycles. The summed E-state index contributed by atoms with van der Waals surface area (Å²) in [6.07, 6.45) is -0.0809. The molecular weight excluding hydrogens is 216 g/mol. The number of nitrogens with zero attached hydrogens (tertiary/aromatic N) is 1. The fourth-order valence-electron chi connectivity index (χ4n) is 1.37. The molecule has 0 aromatic heterocycles. The van der Waals surface area contributed by atoms with Crippen LogP contribution in [0.2, 0.25) is 0 Å². The van der Waals surface area contributed by atoms with Crippen molar-refractivity contribution in [3.05, 3.63) is 29.8 Å². The SMILES string of the molecule is CCO[C@H](C)C(=O)Nc1ccc(CC#N)cc1. The van der Waals surface area contributed by atoms with Crippen LogP contribution in [0.5, 0.6) is 0 Å². The van der Waals surface area contributed by atoms with E-state index in [0.717, 1.165) is 5.56 Å². The van der Waals surface area contributed by atoms with Crippen LogP contribution < -0.4 is 5.32 Å². The van der Waals surface area contributed by atoms with Gasteiger partial charge in [-0.25, -0.2) is 0 Å². The summed E-state index contributed by atoms with van der Waals surface area (Å²) in [6, 6.07) is 9.28. The number of hydrogen-bond donors (Lipinski definition) is 1. The van der Waals surface area contributed by atoms with E-state index >= 15 is 0 Å². The van der Waals surface area contributed by atoms with E-state index < -0.39 is 6.10 Å². The average molecular weight is 232 g/mol. The topological polar surface area (TPSA) is 62.1 Å². The second kappa shape index (κ2) is 6.66. The second-order valence-electron chi connectivity index (χ2n) is 3.62. The largest absolute Gasteiger partial charge is 0.369 e. The lowest BCUT2D eigenvalue weighted by Gasteiger charge is -2.12. The van der Waals surface area contributed by atoms with Crippen LogP contribution in [0.3, 0.4) is 0 Å². The lowest BCUT2D eigenvalue weighted by molar-refractivity contribution is -0.126. The van der Waals surface area contributed by atoms with E-state index in [-0.39, 0.29) is 5.91 Å². The van der Waals surface area contributed by atoms with E-state index in [0.29, 0.717) is 18.7 Å². The third-order valence-electron chi connectivity index (χ3n) is 2.29. The van der Waals surface area contributed by atoms with Gasteiger partial charge in [0, 0.05) is 12.3 Å². The Kier molecular flexibility index (Phi) is 5.18. The summed E-state index contributed by atoms with van der Waals surface area (Å²) < 4.78 is 5.18. The highest BCUT2D eigenvalue weighted by Gasteiger charge is 2.12. The van der Waals surface area contributed by atoms with E-state index in [1.54, 1.807) is 19.1 Å². The highest BCUT2D eigenvalue weighted by Crippen LogP contribution is 2.10. The van der Waals surface area contributed by atoms with Crippen molar-refractivity contribution in [1.82, 2.24) is 0 Å². The van der Waals surface area contributed by atoms with Crippen LogP contribution in [-0.4, -0.2) is 18.6 Å². The minimum absolute atomic E-state index is 0.167. The third-order valence-corrected chi connectivity index (χ3v) is 2.29. The van der Waals surface area contributed by atoms with Crippen molar-refractivity contribution in [2.75, 3.05) is 11.9 Å². The Hall–Kier alpha value is -1.86. The van der Waals surface area contributed by atoms with Crippen LogP contribution in [0.25, 0.3) is 0 Å². The molecule has 4 heteroatoms. The highest BCUT2D eigenvalue weighted by molar-refractivity contribution is 5.93. The summed E-state index contributed by atoms with van der Waals surface area (Å²) in [5.74, 6) is -0.167. The smallest absolute Gasteiger partial charge is 0.253 e. The highest BCUT2D eigenvalue weighted by atomic mass is 16.5. The van der Waals surface area contributed by atoms with Crippen molar-refractivity contribution in [2.24, 2.45) is 0 Å². The third kappa shape index (κ3) is 4.25. The zero-order valence-electron chi connectivity index (χ0n) is 10.1. The van der Waals surface area contributed by atoms with Crippen LogP contribution in [-0.2, 0) is 16.0 Å². The van der Waals surface area contributed by atoms with E-state index in [1.807, 2.05) is 19.1 Å². The normalized spacial score (nSPS) is 11.6. The van der Waals surface area contributed by atoms with Gasteiger partial charge >= 0.3 is 0 Å². The van der Waals surface area contributed by atoms with Gasteiger partial charge in [0.1, 0.15) is 6.10 Å². The quantitative estimate of drug-likeness (QED) is 0.845. The van der Waals surface area contributed by atoms with Crippen molar-refractivity contribution in [3.8, 4) is 6.07 Å². The molecule has 0 spiro atoms. The number of nitriles is 1. The number of hydrogen-bond acceptors (Lipinski definition) is 3. The van der Waals surface area contributed by atoms with E-state index in [2.05, 4.69) is 11.4 Å². The predicted octanol–water partition coefficient (Wildman–Crippen LogP) is 2.12. The van der Waals surface area contributed by atoms with Crippen LogP contribution in [0.4, 0.5) is 5.69 Å². The molecule has 0 aliphatic carbocycles. The molecule has 0 bridgehead atoms. The van der Waals surface area contributed by atoms with Crippen molar-refractivity contribution >= 4 is 11.6 Å². The molecular formula is C13H16N2O2. The van der Waals surface area contributed by atoms with E-state index in [4.69, 9.17) is 10.00 Å². The average Bonchev–Trinajstić information content (AvgIpc) is 2.32. The summed E-state index contributed by atoms with van der Waals surface area (Å²) in [5.41, 5.74) is 1.64. The zero-order valence-corrected chi connectivity index (χ0v) is 10.1. The second-order valence-corrected chi connectivity index (χ2v) is 3.62. The van der Waals surface area contributed by atoms with Crippen LogP contribution >= 0.6 is 0 Å². The van der Waals surface area contributed by atoms with Crippen molar-refractivity contribution < 1.29 is 9.53 Å². The molecule has 1 atom stereocenters. The molecule has 4 nitrogen and oxygen atoms in total. The van der Waals surface area contributed by atoms with Gasteiger partial charge in [-0.2, -0.15) is 5.26 Å². The Morgan fingerprint density at radius 1 is 1.47 bits per heavy atom. The molecule has 17 heavy (non-hydrogen) atoms. The molecule has 0 radical (unpaired) electrons. The molecule has 1 aromatic carbocycles. The minimum Gasteiger partial charge on any atom is -0.369 e. The summed E-state index contributed by atoms with van der Waals surface area (Å²) >= 11 is 0. The van der Waals surface area contributed by atoms with Crippen LogP contribution in [0, 0.1) is 11.3 Å². The number of nitrogens with one attached hydrogen (secondary N) is 1. The molecule has 1 aromatic rings. The van der Waals surface area contributed by atoms with Gasteiger partial charge < -0.3 is 10.1 Å². The van der Waals surface area contributed by atoms with E-state index in [9.17, 15) is 4.79 Å². The van der Waals surface area contributed by atoms with Gasteiger partial charge in [-0.15, -0.1) is 0 Å². The predicted molar refractivity (Wildman–Crippen MR) is 65.5 cm³/mol. The number of carbonyl (C=O) groups is 1. The van der Waals surface area contributed by atoms with Crippen LogP contribution in [0.1, 0.15) is 19.4 Å². The molecule has 0 fully saturated rings. The lowest BCUT2D eigenvalue weighted by atomic mass is 10.1. The Morgan fingerprint density at radius 3 is 2.65 bits per heavy atom. The van der Waals surface area contributed by atoms with Gasteiger partial charge in [-0.1, -0.05) is 12.1 Å². The molecule has 0 saturated carbocycles. The first kappa shape index (κ1) is 13.2. The first-order valence-corrected chi connectivity index (χ1v) is 5.55. The molecule has 0 unspecified atom stereocenters. The van der Waals surface area contributed by atoms with Gasteiger partial charge in [0.05, 0.1) is 12.5 Å². The number of anilines is 1. The Balaban J connectivity index is 2.57. The van der Waals surface area contributed by atoms with Gasteiger partial charge in [0.15, 0.2) is 0 Å². The summed E-state index contributed by atoms with van der Waals surface area (Å²) in [6.45, 7) is 4.07. The lowest BCUT2D eigenvalue weighted by Crippen LogP contribution is -2.27. The molecule has 1 N–H and O–H groups in total. The summed E-state index contributed by atoms with van der Waals surface area (Å²) in [5, 5.41) is 11.3. The Bertz CT molecular complexity index is 406. The maximum atomic E-state index is 11.6. The number of benzene rings is 1. The Labute approximate surface area is 101 Å². The molecule has 1 rings (SSSR count). The fourth-order valence-corrected chi connectivity index (χ4v) is 1.37. The van der Waals surface area contributed by atoms with Gasteiger partial charge in [-0.3, -0.25) is 4.79 Å². The summed E-state index contributed by atoms with van der Waals surface area (Å²) in [7, 11) is 0. The maximum absolute atomic E-state index is 11.6. The number of rotatable bonds is 5. The monoisotopic (exact) mass is 232 g/mol. The Morgan fingerprint density at radius 2 is 2.12 bits per heavy atom. The van der Waals surface area contributed by atoms with Crippen molar-refractivity contribution in [1.29, 1.82) is 5.26 Å². The molecule has 90 valence electrons. The first-order valence-electron chi connectivity index (χ1n) is 5.55. The number of ether oxygens (including phenoxy) is 1. The van der Waals surface area contributed by atoms with Crippen molar-refractivity contribution in [2.45, 2.75) is 26.4 Å². The summed E-state index contributed by atoms with van der Waals surface area (Å²) in [4.78, 5) is 11.6. The molecule has 0 aliphatic rings. The number of carbonyl (C=O) groups excluding carboxylic acids is 1. The maximum Gasteiger partial charge on any atom is 0.253 e. The fraction of sp³-hybridized carbons (Fsp3) is 0.385. The van der Waals surface area contributed by atoms with Gasteiger partial charge in [0.2, 0.25) is 0 Å². The standard InChI is InChI=1S/C13H16N2O2/c1-3-17-10(2)13(16)15-12-6-4-11(5-7-12)8-9-14/h4-7,10H,3,8H2,1-2H3,(H,15,16)/t10-/m1/s1. The van der Waals surface area contributed by atoms with E-state index in [1.165, 1.54) is 0 Å². The van der Waals surface area contributed by atoms with Gasteiger partial charge in [0.25, 0.3) is 5.91 Å². The first-order chi connectivity index (χ1) is 8.17. The molecule has 0 aliphatic heterocycles. The molecule has 1 amide bonds.